The minimum atomic E-state index is -3.81. The molecule has 20 heavy (non-hydrogen) atoms. The molecule has 1 aliphatic rings. The van der Waals surface area contributed by atoms with Gasteiger partial charge in [0.15, 0.2) is 5.82 Å². The van der Waals surface area contributed by atoms with Gasteiger partial charge in [-0.2, -0.15) is 8.73 Å². The molecule has 102 valence electrons. The van der Waals surface area contributed by atoms with Crippen LogP contribution in [0.2, 0.25) is 5.15 Å². The summed E-state index contributed by atoms with van der Waals surface area (Å²) in [5, 5.41) is 0.179. The van der Waals surface area contributed by atoms with Crippen molar-refractivity contribution in [1.29, 1.82) is 0 Å². The fourth-order valence-corrected chi connectivity index (χ4v) is 3.41. The van der Waals surface area contributed by atoms with Gasteiger partial charge in [0.25, 0.3) is 10.0 Å². The van der Waals surface area contributed by atoms with Crippen molar-refractivity contribution >= 4 is 50.2 Å². The molecule has 1 N–H and O–H groups in total. The van der Waals surface area contributed by atoms with E-state index in [2.05, 4.69) is 23.4 Å². The maximum atomic E-state index is 12.3. The first-order valence-electron chi connectivity index (χ1n) is 5.28. The number of nitrogens with one attached hydrogen (secondary N) is 1. The molecular weight excluding hydrogens is 322 g/mol. The molecule has 1 aromatic carbocycles. The molecule has 0 atom stereocenters. The first-order chi connectivity index (χ1) is 9.56. The van der Waals surface area contributed by atoms with E-state index in [4.69, 9.17) is 11.6 Å². The maximum Gasteiger partial charge on any atom is 0.265 e. The van der Waals surface area contributed by atoms with Crippen LogP contribution in [-0.4, -0.2) is 18.4 Å². The van der Waals surface area contributed by atoms with Crippen LogP contribution in [0, 0.1) is 0 Å². The number of rotatable bonds is 3. The van der Waals surface area contributed by atoms with Gasteiger partial charge in [0.2, 0.25) is 0 Å². The molecule has 0 amide bonds. The van der Waals surface area contributed by atoms with E-state index in [9.17, 15) is 8.42 Å². The zero-order valence-electron chi connectivity index (χ0n) is 9.69. The third-order valence-corrected chi connectivity index (χ3v) is 4.52. The van der Waals surface area contributed by atoms with Crippen molar-refractivity contribution in [2.75, 3.05) is 4.72 Å². The minimum Gasteiger partial charge on any atom is -0.262 e. The Morgan fingerprint density at radius 1 is 1.15 bits per heavy atom. The summed E-state index contributed by atoms with van der Waals surface area (Å²) in [5.74, 6) is 0.0783. The molecule has 1 aromatic heterocycles. The average Bonchev–Trinajstić information content (AvgIpc) is 2.89. The number of aromatic nitrogens is 2. The van der Waals surface area contributed by atoms with Gasteiger partial charge in [0, 0.05) is 0 Å². The highest BCUT2D eigenvalue weighted by atomic mass is 35.5. The second-order valence-electron chi connectivity index (χ2n) is 3.72. The summed E-state index contributed by atoms with van der Waals surface area (Å²) in [4.78, 5) is 7.64. The fourth-order valence-electron chi connectivity index (χ4n) is 1.56. The molecule has 2 heterocycles. The highest BCUT2D eigenvalue weighted by Crippen LogP contribution is 2.37. The van der Waals surface area contributed by atoms with E-state index < -0.39 is 10.0 Å². The molecule has 0 bridgehead atoms. The lowest BCUT2D eigenvalue weighted by atomic mass is 10.3. The van der Waals surface area contributed by atoms with Crippen molar-refractivity contribution in [2.24, 2.45) is 8.73 Å². The van der Waals surface area contributed by atoms with Crippen LogP contribution in [0.4, 0.5) is 17.2 Å². The lowest BCUT2D eigenvalue weighted by Crippen LogP contribution is -2.14. The number of hydrogen-bond acceptors (Lipinski definition) is 6. The molecule has 0 saturated heterocycles. The van der Waals surface area contributed by atoms with Gasteiger partial charge in [-0.25, -0.2) is 18.4 Å². The lowest BCUT2D eigenvalue weighted by molar-refractivity contribution is 0.601. The Balaban J connectivity index is 1.99. The van der Waals surface area contributed by atoms with Crippen LogP contribution in [-0.2, 0) is 21.4 Å². The third kappa shape index (κ3) is 2.42. The number of halogens is 1. The molecule has 0 unspecified atom stereocenters. The Kier molecular flexibility index (Phi) is 3.24. The summed E-state index contributed by atoms with van der Waals surface area (Å²) in [6.45, 7) is 0. The second kappa shape index (κ2) is 4.93. The number of anilines is 1. The van der Waals surface area contributed by atoms with Crippen LogP contribution in [0.25, 0.3) is 0 Å². The molecule has 0 spiro atoms. The Morgan fingerprint density at radius 3 is 2.75 bits per heavy atom. The van der Waals surface area contributed by atoms with E-state index in [1.807, 2.05) is 0 Å². The molecule has 1 aliphatic heterocycles. The van der Waals surface area contributed by atoms with Crippen molar-refractivity contribution in [2.45, 2.75) is 4.90 Å². The van der Waals surface area contributed by atoms with Crippen LogP contribution in [0.15, 0.2) is 44.2 Å². The summed E-state index contributed by atoms with van der Waals surface area (Å²) >= 11 is 6.55. The van der Waals surface area contributed by atoms with Crippen molar-refractivity contribution in [3.63, 3.8) is 0 Å². The number of fused-ring (bicyclic) bond motifs is 1. The molecule has 7 nitrogen and oxygen atoms in total. The molecule has 2 aromatic rings. The lowest BCUT2D eigenvalue weighted by Gasteiger charge is -2.08. The van der Waals surface area contributed by atoms with Crippen LogP contribution < -0.4 is 4.72 Å². The summed E-state index contributed by atoms with van der Waals surface area (Å²) in [7, 11) is -3.81. The van der Waals surface area contributed by atoms with E-state index in [0.29, 0.717) is 11.4 Å². The van der Waals surface area contributed by atoms with E-state index >= 15 is 0 Å². The second-order valence-corrected chi connectivity index (χ2v) is 6.28. The van der Waals surface area contributed by atoms with Gasteiger partial charge in [-0.15, -0.1) is 0 Å². The Morgan fingerprint density at radius 2 is 2.00 bits per heavy atom. The normalized spacial score (nSPS) is 12.8. The van der Waals surface area contributed by atoms with Gasteiger partial charge in [0.05, 0.1) is 23.7 Å². The smallest absolute Gasteiger partial charge is 0.262 e. The topological polar surface area (TPSA) is 96.7 Å². The standard InChI is InChI=1S/C10H6ClN5O2S2/c11-8-4-13-9(5-12-8)16-20(17,18)7-3-1-2-6-10(7)15-19-14-6/h1-5H,(H,13,16). The molecule has 3 rings (SSSR count). The Bertz CT molecular complexity index is 844. The first-order valence-corrected chi connectivity index (χ1v) is 7.87. The number of benzene rings is 1. The number of sulfonamides is 1. The van der Waals surface area contributed by atoms with Gasteiger partial charge in [0.1, 0.15) is 21.4 Å². The fraction of sp³-hybridized carbons (Fsp3) is 0. The third-order valence-electron chi connectivity index (χ3n) is 2.40. The number of nitrogens with zero attached hydrogens (tertiary/aromatic N) is 4. The minimum absolute atomic E-state index is 0.0421. The molecule has 0 fully saturated rings. The zero-order valence-corrected chi connectivity index (χ0v) is 12.1. The molecule has 0 saturated carbocycles. The van der Waals surface area contributed by atoms with Crippen molar-refractivity contribution in [3.8, 4) is 0 Å². The van der Waals surface area contributed by atoms with Crippen LogP contribution >= 0.6 is 11.6 Å². The van der Waals surface area contributed by atoms with Crippen LogP contribution in [0.5, 0.6) is 0 Å². The predicted octanol–water partition coefficient (Wildman–Crippen LogP) is 2.66. The predicted molar refractivity (Wildman–Crippen MR) is 75.8 cm³/mol. The van der Waals surface area contributed by atoms with Crippen molar-refractivity contribution in [3.05, 3.63) is 35.7 Å². The first kappa shape index (κ1) is 13.2. The maximum absolute atomic E-state index is 12.3. The van der Waals surface area contributed by atoms with Gasteiger partial charge < -0.3 is 0 Å². The van der Waals surface area contributed by atoms with Gasteiger partial charge >= 0.3 is 0 Å². The molecule has 0 aliphatic carbocycles. The summed E-state index contributed by atoms with van der Waals surface area (Å²) < 4.78 is 35.0. The highest BCUT2D eigenvalue weighted by molar-refractivity contribution is 7.93. The van der Waals surface area contributed by atoms with Crippen molar-refractivity contribution in [1.82, 2.24) is 9.97 Å². The van der Waals surface area contributed by atoms with Crippen molar-refractivity contribution < 1.29 is 8.42 Å². The quantitative estimate of drug-likeness (QED) is 0.799. The molecule has 10 heteroatoms. The van der Waals surface area contributed by atoms with Gasteiger partial charge in [-0.3, -0.25) is 4.72 Å². The van der Waals surface area contributed by atoms with Gasteiger partial charge in [-0.1, -0.05) is 17.7 Å². The zero-order chi connectivity index (χ0) is 14.2. The van der Waals surface area contributed by atoms with E-state index in [1.165, 1.54) is 18.5 Å². The summed E-state index contributed by atoms with van der Waals surface area (Å²) in [6, 6.07) is 4.75. The van der Waals surface area contributed by atoms with Gasteiger partial charge in [-0.05, 0) is 12.1 Å². The average molecular weight is 328 g/mol. The number of hydrogen-bond donors (Lipinski definition) is 1. The Hall–Kier alpha value is -1.84. The monoisotopic (exact) mass is 327 g/mol. The van der Waals surface area contributed by atoms with E-state index in [0.717, 1.165) is 11.4 Å². The molecule has 0 radical (unpaired) electrons. The summed E-state index contributed by atoms with van der Waals surface area (Å²) in [6.07, 6.45) is 2.49. The highest BCUT2D eigenvalue weighted by Gasteiger charge is 2.22. The SMILES string of the molecule is O=S(=O)(Nc1cnc(Cl)cn1)c1cccc2c1N=S=N2. The summed E-state index contributed by atoms with van der Waals surface area (Å²) in [5.41, 5.74) is 0.854. The Labute approximate surface area is 123 Å². The van der Waals surface area contributed by atoms with Crippen LogP contribution in [0.3, 0.4) is 0 Å². The largest absolute Gasteiger partial charge is 0.265 e. The van der Waals surface area contributed by atoms with E-state index in [-0.39, 0.29) is 15.9 Å². The molecular formula is C10H6ClN5O2S2. The van der Waals surface area contributed by atoms with Crippen LogP contribution in [0.1, 0.15) is 0 Å². The van der Waals surface area contributed by atoms with E-state index in [1.54, 1.807) is 12.1 Å².